The highest BCUT2D eigenvalue weighted by Crippen LogP contribution is 2.38. The Labute approximate surface area is 132 Å². The monoisotopic (exact) mass is 312 g/mol. The van der Waals surface area contributed by atoms with Crippen LogP contribution in [0.2, 0.25) is 18.1 Å². The SMILES string of the molecule is C/C(=C\B1OC(C)(C)C(C)(C)O1)CO[Si](C)(C)C(C)(C)C. The molecule has 21 heavy (non-hydrogen) atoms. The fraction of sp³-hybridized carbons (Fsp3) is 0.875. The Morgan fingerprint density at radius 2 is 1.52 bits per heavy atom. The fourth-order valence-electron chi connectivity index (χ4n) is 1.75. The van der Waals surface area contributed by atoms with Gasteiger partial charge in [-0.25, -0.2) is 0 Å². The van der Waals surface area contributed by atoms with Crippen LogP contribution in [0.3, 0.4) is 0 Å². The van der Waals surface area contributed by atoms with Crippen LogP contribution in [0.1, 0.15) is 55.4 Å². The van der Waals surface area contributed by atoms with E-state index in [2.05, 4.69) is 68.5 Å². The maximum absolute atomic E-state index is 6.23. The van der Waals surface area contributed by atoms with Gasteiger partial charge in [0, 0.05) is 0 Å². The van der Waals surface area contributed by atoms with Gasteiger partial charge in [0.1, 0.15) is 0 Å². The first-order valence-corrected chi connectivity index (χ1v) is 10.8. The molecule has 0 radical (unpaired) electrons. The van der Waals surface area contributed by atoms with E-state index in [0.717, 1.165) is 0 Å². The molecule has 5 heteroatoms. The van der Waals surface area contributed by atoms with Crippen molar-refractivity contribution in [2.24, 2.45) is 0 Å². The third-order valence-electron chi connectivity index (χ3n) is 5.16. The first-order valence-electron chi connectivity index (χ1n) is 7.85. The van der Waals surface area contributed by atoms with E-state index in [1.807, 2.05) is 5.98 Å². The molecule has 0 spiro atoms. The smallest absolute Gasteiger partial charge is 0.413 e. The van der Waals surface area contributed by atoms with Crippen molar-refractivity contribution in [3.8, 4) is 0 Å². The van der Waals surface area contributed by atoms with Crippen LogP contribution in [0, 0.1) is 0 Å². The molecule has 3 nitrogen and oxygen atoms in total. The zero-order valence-electron chi connectivity index (χ0n) is 15.6. The molecule has 0 aliphatic carbocycles. The maximum atomic E-state index is 6.23. The average Bonchev–Trinajstić information content (AvgIpc) is 2.42. The second-order valence-corrected chi connectivity index (χ2v) is 13.5. The summed E-state index contributed by atoms with van der Waals surface area (Å²) in [7, 11) is -1.98. The quantitative estimate of drug-likeness (QED) is 0.711. The summed E-state index contributed by atoms with van der Waals surface area (Å²) < 4.78 is 18.2. The summed E-state index contributed by atoms with van der Waals surface area (Å²) in [6.07, 6.45) is 0. The van der Waals surface area contributed by atoms with Crippen molar-refractivity contribution in [3.05, 3.63) is 11.5 Å². The van der Waals surface area contributed by atoms with Gasteiger partial charge in [-0.1, -0.05) is 32.3 Å². The van der Waals surface area contributed by atoms with Gasteiger partial charge >= 0.3 is 7.12 Å². The lowest BCUT2D eigenvalue weighted by Crippen LogP contribution is -2.41. The van der Waals surface area contributed by atoms with E-state index >= 15 is 0 Å². The highest BCUT2D eigenvalue weighted by molar-refractivity contribution is 6.74. The minimum Gasteiger partial charge on any atom is -0.413 e. The van der Waals surface area contributed by atoms with Gasteiger partial charge in [0.15, 0.2) is 8.32 Å². The Balaban J connectivity index is 2.64. The zero-order valence-corrected chi connectivity index (χ0v) is 16.6. The average molecular weight is 312 g/mol. The van der Waals surface area contributed by atoms with E-state index in [0.29, 0.717) is 6.61 Å². The normalized spacial score (nSPS) is 22.8. The molecule has 0 unspecified atom stereocenters. The lowest BCUT2D eigenvalue weighted by molar-refractivity contribution is 0.00578. The molecule has 1 fully saturated rings. The molecule has 0 saturated carbocycles. The van der Waals surface area contributed by atoms with E-state index in [9.17, 15) is 0 Å². The standard InChI is InChI=1S/C16H33BO3Si/c1-13(12-18-21(9,10)14(2,3)4)11-17-19-15(5,6)16(7,8)20-17/h11H,12H2,1-10H3/b13-11+. The topological polar surface area (TPSA) is 27.7 Å². The highest BCUT2D eigenvalue weighted by atomic mass is 28.4. The minimum atomic E-state index is -1.70. The summed E-state index contributed by atoms with van der Waals surface area (Å²) in [6.45, 7) is 22.3. The van der Waals surface area contributed by atoms with Gasteiger partial charge in [0.2, 0.25) is 0 Å². The lowest BCUT2D eigenvalue weighted by Gasteiger charge is -2.36. The summed E-state index contributed by atoms with van der Waals surface area (Å²) in [4.78, 5) is 0. The van der Waals surface area contributed by atoms with Crippen molar-refractivity contribution < 1.29 is 13.7 Å². The van der Waals surface area contributed by atoms with E-state index in [1.165, 1.54) is 5.57 Å². The lowest BCUT2D eigenvalue weighted by atomic mass is 9.87. The Morgan fingerprint density at radius 1 is 1.10 bits per heavy atom. The molecule has 1 rings (SSSR count). The van der Waals surface area contributed by atoms with Gasteiger partial charge in [-0.2, -0.15) is 0 Å². The molecule has 1 aliphatic heterocycles. The van der Waals surface area contributed by atoms with Gasteiger partial charge < -0.3 is 13.7 Å². The Hall–Kier alpha value is -0.0982. The van der Waals surface area contributed by atoms with Crippen LogP contribution in [0.25, 0.3) is 0 Å². The Morgan fingerprint density at radius 3 is 1.90 bits per heavy atom. The second-order valence-electron chi connectivity index (χ2n) is 8.69. The van der Waals surface area contributed by atoms with Gasteiger partial charge in [0.05, 0.1) is 17.8 Å². The van der Waals surface area contributed by atoms with Crippen molar-refractivity contribution in [2.45, 2.75) is 84.7 Å². The van der Waals surface area contributed by atoms with Gasteiger partial charge in [-0.05, 0) is 52.8 Å². The second kappa shape index (κ2) is 5.84. The molecule has 1 aliphatic rings. The summed E-state index contributed by atoms with van der Waals surface area (Å²) in [5.74, 6) is 2.05. The molecule has 122 valence electrons. The minimum absolute atomic E-state index is 0.234. The molecule has 0 bridgehead atoms. The van der Waals surface area contributed by atoms with E-state index in [1.54, 1.807) is 0 Å². The summed E-state index contributed by atoms with van der Waals surface area (Å²) in [5.41, 5.74) is 0.599. The molecule has 0 aromatic rings. The van der Waals surface area contributed by atoms with Crippen molar-refractivity contribution in [3.63, 3.8) is 0 Å². The Kier molecular flexibility index (Phi) is 5.27. The molecule has 0 aromatic carbocycles. The highest BCUT2D eigenvalue weighted by Gasteiger charge is 2.50. The molecule has 1 heterocycles. The molecule has 0 N–H and O–H groups in total. The molecule has 0 aromatic heterocycles. The predicted molar refractivity (Wildman–Crippen MR) is 93.0 cm³/mol. The molecular formula is C16H33BO3Si. The van der Waals surface area contributed by atoms with Gasteiger partial charge in [-0.15, -0.1) is 0 Å². The molecule has 0 amide bonds. The van der Waals surface area contributed by atoms with Crippen LogP contribution in [0.15, 0.2) is 11.5 Å². The largest absolute Gasteiger partial charge is 0.487 e. The van der Waals surface area contributed by atoms with Crippen LogP contribution >= 0.6 is 0 Å². The van der Waals surface area contributed by atoms with E-state index in [4.69, 9.17) is 13.7 Å². The summed E-state index contributed by atoms with van der Waals surface area (Å²) >= 11 is 0. The first kappa shape index (κ1) is 18.9. The zero-order chi connectivity index (χ0) is 16.7. The van der Waals surface area contributed by atoms with Crippen LogP contribution in [-0.2, 0) is 13.7 Å². The van der Waals surface area contributed by atoms with Crippen molar-refractivity contribution in [1.29, 1.82) is 0 Å². The third-order valence-corrected chi connectivity index (χ3v) is 9.64. The van der Waals surface area contributed by atoms with Crippen LogP contribution in [0.5, 0.6) is 0 Å². The molecular weight excluding hydrogens is 279 g/mol. The maximum Gasteiger partial charge on any atom is 0.487 e. The Bertz CT molecular complexity index is 392. The van der Waals surface area contributed by atoms with Crippen molar-refractivity contribution >= 4 is 15.4 Å². The van der Waals surface area contributed by atoms with Crippen LogP contribution in [0.4, 0.5) is 0 Å². The summed E-state index contributed by atoms with van der Waals surface area (Å²) in [6, 6.07) is 0. The number of hydrogen-bond donors (Lipinski definition) is 0. The number of rotatable bonds is 4. The van der Waals surface area contributed by atoms with Crippen molar-refractivity contribution in [1.82, 2.24) is 0 Å². The summed E-state index contributed by atoms with van der Waals surface area (Å²) in [5, 5.41) is 0.234. The fourth-order valence-corrected chi connectivity index (χ4v) is 2.77. The molecule has 1 saturated heterocycles. The number of hydrogen-bond acceptors (Lipinski definition) is 3. The van der Waals surface area contributed by atoms with Crippen molar-refractivity contribution in [2.75, 3.05) is 6.61 Å². The first-order chi connectivity index (χ1) is 9.18. The van der Waals surface area contributed by atoms with Gasteiger partial charge in [0.25, 0.3) is 0 Å². The van der Waals surface area contributed by atoms with Crippen LogP contribution in [-0.4, -0.2) is 33.2 Å². The van der Waals surface area contributed by atoms with E-state index in [-0.39, 0.29) is 23.4 Å². The van der Waals surface area contributed by atoms with Crippen LogP contribution < -0.4 is 0 Å². The molecule has 0 atom stereocenters. The third kappa shape index (κ3) is 4.44. The van der Waals surface area contributed by atoms with E-state index < -0.39 is 8.32 Å². The predicted octanol–water partition coefficient (Wildman–Crippen LogP) is 4.59. The van der Waals surface area contributed by atoms with Gasteiger partial charge in [-0.3, -0.25) is 0 Å².